The summed E-state index contributed by atoms with van der Waals surface area (Å²) in [7, 11) is 0. The van der Waals surface area contributed by atoms with E-state index in [-0.39, 0.29) is 37.7 Å². The Hall–Kier alpha value is -0.0903. The Morgan fingerprint density at radius 3 is 2.17 bits per heavy atom. The van der Waals surface area contributed by atoms with E-state index in [0.717, 1.165) is 0 Å². The van der Waals surface area contributed by atoms with E-state index in [1.165, 1.54) is 0 Å². The molecule has 3 nitrogen and oxygen atoms in total. The zero-order valence-electron chi connectivity index (χ0n) is 5.77. The van der Waals surface area contributed by atoms with Crippen LogP contribution >= 0.6 is 0 Å². The predicted octanol–water partition coefficient (Wildman–Crippen LogP) is -0.112. The molecule has 2 N–H and O–H groups in total. The summed E-state index contributed by atoms with van der Waals surface area (Å²) in [6.45, 7) is 0. The van der Waals surface area contributed by atoms with E-state index < -0.39 is 12.1 Å². The number of aliphatic hydroxyl groups excluding tert-OH is 1. The predicted molar refractivity (Wildman–Crippen MR) is 47.6 cm³/mol. The average Bonchev–Trinajstić information content (AvgIpc) is 2.05. The summed E-state index contributed by atoms with van der Waals surface area (Å²) in [5.41, 5.74) is 0.403. The summed E-state index contributed by atoms with van der Waals surface area (Å²) < 4.78 is 0. The van der Waals surface area contributed by atoms with Gasteiger partial charge in [0.25, 0.3) is 0 Å². The SMILES string of the molecule is O=C(O)C(O)c1ccccc1.[CaH2]. The molecule has 1 atom stereocenters. The molecule has 4 heteroatoms. The molecule has 1 unspecified atom stereocenters. The number of carbonyl (C=O) groups is 1. The van der Waals surface area contributed by atoms with Crippen LogP contribution in [0, 0.1) is 0 Å². The van der Waals surface area contributed by atoms with E-state index in [1.807, 2.05) is 0 Å². The van der Waals surface area contributed by atoms with Crippen molar-refractivity contribution in [3.63, 3.8) is 0 Å². The number of rotatable bonds is 2. The molecule has 0 aromatic heterocycles. The fourth-order valence-corrected chi connectivity index (χ4v) is 0.778. The first-order chi connectivity index (χ1) is 5.22. The zero-order chi connectivity index (χ0) is 8.27. The van der Waals surface area contributed by atoms with E-state index in [4.69, 9.17) is 10.2 Å². The van der Waals surface area contributed by atoms with Gasteiger partial charge in [0.05, 0.1) is 0 Å². The van der Waals surface area contributed by atoms with E-state index in [0.29, 0.717) is 5.56 Å². The van der Waals surface area contributed by atoms with Crippen LogP contribution in [0.3, 0.4) is 0 Å². The summed E-state index contributed by atoms with van der Waals surface area (Å²) in [4.78, 5) is 10.2. The van der Waals surface area contributed by atoms with Crippen LogP contribution in [0.2, 0.25) is 0 Å². The quantitative estimate of drug-likeness (QED) is 0.646. The minimum absolute atomic E-state index is 0. The van der Waals surface area contributed by atoms with Gasteiger partial charge in [-0.1, -0.05) is 30.3 Å². The van der Waals surface area contributed by atoms with Gasteiger partial charge in [-0.3, -0.25) is 0 Å². The molecule has 0 radical (unpaired) electrons. The van der Waals surface area contributed by atoms with Crippen molar-refractivity contribution in [3.05, 3.63) is 35.9 Å². The van der Waals surface area contributed by atoms with Gasteiger partial charge in [0, 0.05) is 0 Å². The fraction of sp³-hybridized carbons (Fsp3) is 0.125. The van der Waals surface area contributed by atoms with Crippen molar-refractivity contribution in [1.82, 2.24) is 0 Å². The van der Waals surface area contributed by atoms with Crippen molar-refractivity contribution in [1.29, 1.82) is 0 Å². The van der Waals surface area contributed by atoms with Crippen LogP contribution in [-0.2, 0) is 4.79 Å². The molecule has 0 saturated carbocycles. The molecule has 0 bridgehead atoms. The number of hydrogen-bond donors (Lipinski definition) is 2. The summed E-state index contributed by atoms with van der Waals surface area (Å²) >= 11 is 0. The first-order valence-electron chi connectivity index (χ1n) is 3.17. The molecule has 0 amide bonds. The zero-order valence-corrected chi connectivity index (χ0v) is 5.77. The Balaban J connectivity index is 0.00000121. The van der Waals surface area contributed by atoms with Crippen molar-refractivity contribution in [2.75, 3.05) is 0 Å². The monoisotopic (exact) mass is 194 g/mol. The molecule has 1 aromatic carbocycles. The molecule has 1 aromatic rings. The van der Waals surface area contributed by atoms with Crippen LogP contribution in [0.4, 0.5) is 0 Å². The average molecular weight is 194 g/mol. The standard InChI is InChI=1S/C8H8O3.Ca.2H/c9-7(8(10)11)6-4-2-1-3-5-6;;;/h1-5,7,9H,(H,10,11);;;. The fourth-order valence-electron chi connectivity index (χ4n) is 0.778. The number of hydrogen-bond acceptors (Lipinski definition) is 2. The van der Waals surface area contributed by atoms with Crippen LogP contribution in [0.15, 0.2) is 30.3 Å². The van der Waals surface area contributed by atoms with Gasteiger partial charge in [0.2, 0.25) is 0 Å². The van der Waals surface area contributed by atoms with E-state index >= 15 is 0 Å². The van der Waals surface area contributed by atoms with Crippen LogP contribution in [-0.4, -0.2) is 53.9 Å². The Morgan fingerprint density at radius 1 is 1.25 bits per heavy atom. The van der Waals surface area contributed by atoms with Gasteiger partial charge in [-0.05, 0) is 5.56 Å². The third-order valence-corrected chi connectivity index (χ3v) is 1.35. The summed E-state index contributed by atoms with van der Waals surface area (Å²) in [6, 6.07) is 8.26. The molecule has 12 heavy (non-hydrogen) atoms. The number of carboxylic acid groups (broad SMARTS) is 1. The second kappa shape index (κ2) is 5.54. The van der Waals surface area contributed by atoms with E-state index in [9.17, 15) is 4.79 Å². The van der Waals surface area contributed by atoms with Gasteiger partial charge in [0.15, 0.2) is 6.10 Å². The Morgan fingerprint density at radius 2 is 1.75 bits per heavy atom. The second-order valence-corrected chi connectivity index (χ2v) is 2.15. The maximum atomic E-state index is 10.2. The topological polar surface area (TPSA) is 57.5 Å². The van der Waals surface area contributed by atoms with Crippen molar-refractivity contribution < 1.29 is 15.0 Å². The molecule has 62 valence electrons. The minimum atomic E-state index is -1.41. The van der Waals surface area contributed by atoms with Crippen LogP contribution in [0.5, 0.6) is 0 Å². The second-order valence-electron chi connectivity index (χ2n) is 2.15. The molecule has 0 aliphatic heterocycles. The molecule has 0 aliphatic carbocycles. The first kappa shape index (κ1) is 11.9. The Labute approximate surface area is 100 Å². The van der Waals surface area contributed by atoms with Crippen LogP contribution in [0.1, 0.15) is 11.7 Å². The van der Waals surface area contributed by atoms with Crippen molar-refractivity contribution >= 4 is 43.7 Å². The number of carboxylic acids is 1. The third-order valence-electron chi connectivity index (χ3n) is 1.35. The van der Waals surface area contributed by atoms with Gasteiger partial charge in [-0.25, -0.2) is 4.79 Å². The van der Waals surface area contributed by atoms with Crippen molar-refractivity contribution in [2.24, 2.45) is 0 Å². The van der Waals surface area contributed by atoms with Crippen LogP contribution in [0.25, 0.3) is 0 Å². The summed E-state index contributed by atoms with van der Waals surface area (Å²) in [5.74, 6) is -1.23. The number of benzene rings is 1. The molecule has 0 spiro atoms. The van der Waals surface area contributed by atoms with Gasteiger partial charge in [-0.15, -0.1) is 0 Å². The number of aliphatic hydroxyl groups is 1. The summed E-state index contributed by atoms with van der Waals surface area (Å²) in [6.07, 6.45) is -1.41. The van der Waals surface area contributed by atoms with Gasteiger partial charge in [-0.2, -0.15) is 0 Å². The molecular weight excluding hydrogens is 184 g/mol. The third kappa shape index (κ3) is 3.11. The van der Waals surface area contributed by atoms with Crippen LogP contribution < -0.4 is 0 Å². The Bertz CT molecular complexity index is 248. The Kier molecular flexibility index (Phi) is 5.50. The van der Waals surface area contributed by atoms with Gasteiger partial charge >= 0.3 is 43.7 Å². The van der Waals surface area contributed by atoms with Gasteiger partial charge < -0.3 is 10.2 Å². The molecule has 0 aliphatic rings. The number of aliphatic carboxylic acids is 1. The summed E-state index contributed by atoms with van der Waals surface area (Å²) in [5, 5.41) is 17.4. The molecule has 0 fully saturated rings. The maximum absolute atomic E-state index is 10.2. The van der Waals surface area contributed by atoms with E-state index in [2.05, 4.69) is 0 Å². The van der Waals surface area contributed by atoms with Gasteiger partial charge in [0.1, 0.15) is 0 Å². The van der Waals surface area contributed by atoms with E-state index in [1.54, 1.807) is 30.3 Å². The molecule has 1 rings (SSSR count). The molecule has 0 heterocycles. The molecule has 0 saturated heterocycles. The van der Waals surface area contributed by atoms with Crippen molar-refractivity contribution in [3.8, 4) is 0 Å². The normalized spacial score (nSPS) is 11.4. The van der Waals surface area contributed by atoms with Crippen molar-refractivity contribution in [2.45, 2.75) is 6.10 Å². The molecular formula is C8H10CaO3. The first-order valence-corrected chi connectivity index (χ1v) is 3.17.